The first-order valence-electron chi connectivity index (χ1n) is 9.17. The van der Waals surface area contributed by atoms with Crippen molar-refractivity contribution in [2.24, 2.45) is 0 Å². The summed E-state index contributed by atoms with van der Waals surface area (Å²) in [6.45, 7) is 0.645. The van der Waals surface area contributed by atoms with Gasteiger partial charge in [0, 0.05) is 22.7 Å². The minimum atomic E-state index is -3.90. The number of sulfonamides is 1. The average Bonchev–Trinajstić information content (AvgIpc) is 3.40. The van der Waals surface area contributed by atoms with E-state index in [-0.39, 0.29) is 22.5 Å². The number of carbonyl (C=O) groups excluding carboxylic acids is 1. The third-order valence-corrected chi connectivity index (χ3v) is 7.23. The molecule has 2 heterocycles. The van der Waals surface area contributed by atoms with Gasteiger partial charge in [-0.1, -0.05) is 12.1 Å². The fraction of sp³-hybridized carbons (Fsp3) is 0.190. The van der Waals surface area contributed by atoms with Crippen LogP contribution in [0.4, 0.5) is 10.1 Å². The molecular formula is C21H19FN2O3S2. The van der Waals surface area contributed by atoms with E-state index in [2.05, 4.69) is 4.72 Å². The maximum atomic E-state index is 13.1. The number of thiophene rings is 1. The normalized spacial score (nSPS) is 16.7. The lowest BCUT2D eigenvalue weighted by Gasteiger charge is -2.24. The number of likely N-dealkylation sites (tertiary alicyclic amines) is 1. The van der Waals surface area contributed by atoms with E-state index in [0.29, 0.717) is 12.1 Å². The monoisotopic (exact) mass is 430 g/mol. The molecule has 0 spiro atoms. The van der Waals surface area contributed by atoms with Crippen molar-refractivity contribution >= 4 is 33.0 Å². The number of benzene rings is 2. The van der Waals surface area contributed by atoms with Crippen LogP contribution >= 0.6 is 11.3 Å². The second-order valence-electron chi connectivity index (χ2n) is 6.81. The molecule has 1 saturated heterocycles. The predicted octanol–water partition coefficient (Wildman–Crippen LogP) is 4.67. The van der Waals surface area contributed by atoms with Crippen molar-refractivity contribution in [2.75, 3.05) is 11.3 Å². The van der Waals surface area contributed by atoms with Crippen LogP contribution in [-0.2, 0) is 10.0 Å². The van der Waals surface area contributed by atoms with Crippen LogP contribution in [0.15, 0.2) is 70.9 Å². The fourth-order valence-corrected chi connectivity index (χ4v) is 5.46. The molecule has 2 aromatic carbocycles. The summed E-state index contributed by atoms with van der Waals surface area (Å²) in [5.41, 5.74) is 0.580. The third kappa shape index (κ3) is 4.18. The standard InChI is InChI=1S/C21H19FN2O3S2/c22-16-8-10-17(11-9-16)23-29(26,27)18-5-1-4-15(14-18)21(25)24-12-2-6-19(24)20-7-3-13-28-20/h1,3-5,7-11,13-14,19,23H,2,6,12H2. The van der Waals surface area contributed by atoms with Crippen molar-refractivity contribution in [3.05, 3.63) is 82.3 Å². The molecule has 0 saturated carbocycles. The van der Waals surface area contributed by atoms with Gasteiger partial charge < -0.3 is 4.90 Å². The molecule has 4 rings (SSSR count). The molecule has 0 aliphatic carbocycles. The Morgan fingerprint density at radius 2 is 1.90 bits per heavy atom. The molecule has 1 amide bonds. The van der Waals surface area contributed by atoms with Crippen LogP contribution in [-0.4, -0.2) is 25.8 Å². The third-order valence-electron chi connectivity index (χ3n) is 4.87. The molecule has 1 unspecified atom stereocenters. The van der Waals surface area contributed by atoms with Crippen LogP contribution in [0.3, 0.4) is 0 Å². The summed E-state index contributed by atoms with van der Waals surface area (Å²) in [5.74, 6) is -0.633. The molecule has 1 aromatic heterocycles. The molecule has 8 heteroatoms. The number of carbonyl (C=O) groups is 1. The van der Waals surface area contributed by atoms with Crippen molar-refractivity contribution in [3.63, 3.8) is 0 Å². The second kappa shape index (κ2) is 7.96. The lowest BCUT2D eigenvalue weighted by molar-refractivity contribution is 0.0737. The quantitative estimate of drug-likeness (QED) is 0.640. The van der Waals surface area contributed by atoms with E-state index >= 15 is 0 Å². The van der Waals surface area contributed by atoms with Gasteiger partial charge in [-0.25, -0.2) is 12.8 Å². The maximum absolute atomic E-state index is 13.1. The van der Waals surface area contributed by atoms with Gasteiger partial charge in [0.1, 0.15) is 5.82 Å². The Morgan fingerprint density at radius 3 is 2.62 bits per heavy atom. The second-order valence-corrected chi connectivity index (χ2v) is 9.47. The summed E-state index contributed by atoms with van der Waals surface area (Å²) in [6, 6.07) is 15.1. The Balaban J connectivity index is 1.58. The van der Waals surface area contributed by atoms with E-state index in [1.807, 2.05) is 22.4 Å². The number of rotatable bonds is 5. The van der Waals surface area contributed by atoms with Crippen LogP contribution in [0.5, 0.6) is 0 Å². The summed E-state index contributed by atoms with van der Waals surface area (Å²) in [7, 11) is -3.90. The molecule has 29 heavy (non-hydrogen) atoms. The number of amides is 1. The minimum absolute atomic E-state index is 0.0143. The Kier molecular flexibility index (Phi) is 5.38. The molecule has 0 bridgehead atoms. The summed E-state index contributed by atoms with van der Waals surface area (Å²) >= 11 is 1.62. The molecule has 1 fully saturated rings. The van der Waals surface area contributed by atoms with Crippen LogP contribution in [0.1, 0.15) is 34.1 Å². The SMILES string of the molecule is O=C(c1cccc(S(=O)(=O)Nc2ccc(F)cc2)c1)N1CCCC1c1cccs1. The van der Waals surface area contributed by atoms with E-state index in [9.17, 15) is 17.6 Å². The molecule has 3 aromatic rings. The van der Waals surface area contributed by atoms with E-state index in [1.165, 1.54) is 36.4 Å². The zero-order valence-electron chi connectivity index (χ0n) is 15.4. The van der Waals surface area contributed by atoms with Gasteiger partial charge in [-0.05, 0) is 66.8 Å². The van der Waals surface area contributed by atoms with Crippen molar-refractivity contribution in [2.45, 2.75) is 23.8 Å². The first-order chi connectivity index (χ1) is 13.9. The molecule has 1 N–H and O–H groups in total. The maximum Gasteiger partial charge on any atom is 0.261 e. The first-order valence-corrected chi connectivity index (χ1v) is 11.5. The smallest absolute Gasteiger partial charge is 0.261 e. The number of anilines is 1. The molecule has 0 radical (unpaired) electrons. The van der Waals surface area contributed by atoms with Crippen molar-refractivity contribution in [3.8, 4) is 0 Å². The Hall–Kier alpha value is -2.71. The van der Waals surface area contributed by atoms with Crippen LogP contribution in [0.25, 0.3) is 0 Å². The Morgan fingerprint density at radius 1 is 1.10 bits per heavy atom. The predicted molar refractivity (Wildman–Crippen MR) is 111 cm³/mol. The highest BCUT2D eigenvalue weighted by molar-refractivity contribution is 7.92. The summed E-state index contributed by atoms with van der Waals surface area (Å²) in [4.78, 5) is 16.0. The zero-order chi connectivity index (χ0) is 20.4. The lowest BCUT2D eigenvalue weighted by Crippen LogP contribution is -2.30. The van der Waals surface area contributed by atoms with Gasteiger partial charge in [0.2, 0.25) is 0 Å². The lowest BCUT2D eigenvalue weighted by atomic mass is 10.1. The van der Waals surface area contributed by atoms with Crippen LogP contribution < -0.4 is 4.72 Å². The summed E-state index contributed by atoms with van der Waals surface area (Å²) in [6.07, 6.45) is 1.81. The number of halogens is 1. The number of nitrogens with one attached hydrogen (secondary N) is 1. The van der Waals surface area contributed by atoms with Crippen molar-refractivity contribution in [1.29, 1.82) is 0 Å². The van der Waals surface area contributed by atoms with Crippen LogP contribution in [0, 0.1) is 5.82 Å². The van der Waals surface area contributed by atoms with E-state index in [1.54, 1.807) is 23.5 Å². The fourth-order valence-electron chi connectivity index (χ4n) is 3.48. The molecular weight excluding hydrogens is 411 g/mol. The van der Waals surface area contributed by atoms with Gasteiger partial charge in [0.25, 0.3) is 15.9 Å². The van der Waals surface area contributed by atoms with E-state index in [0.717, 1.165) is 17.7 Å². The highest BCUT2D eigenvalue weighted by Crippen LogP contribution is 2.35. The molecule has 150 valence electrons. The van der Waals surface area contributed by atoms with E-state index < -0.39 is 15.8 Å². The minimum Gasteiger partial charge on any atom is -0.331 e. The highest BCUT2D eigenvalue weighted by Gasteiger charge is 2.31. The Bertz CT molecular complexity index is 1110. The summed E-state index contributed by atoms with van der Waals surface area (Å²) < 4.78 is 40.9. The molecule has 1 atom stereocenters. The van der Waals surface area contributed by atoms with Gasteiger partial charge in [0.05, 0.1) is 10.9 Å². The van der Waals surface area contributed by atoms with E-state index in [4.69, 9.17) is 0 Å². The zero-order valence-corrected chi connectivity index (χ0v) is 17.0. The number of hydrogen-bond donors (Lipinski definition) is 1. The van der Waals surface area contributed by atoms with Gasteiger partial charge in [-0.15, -0.1) is 11.3 Å². The van der Waals surface area contributed by atoms with Crippen molar-refractivity contribution in [1.82, 2.24) is 4.90 Å². The highest BCUT2D eigenvalue weighted by atomic mass is 32.2. The topological polar surface area (TPSA) is 66.5 Å². The number of hydrogen-bond acceptors (Lipinski definition) is 4. The first kappa shape index (κ1) is 19.6. The number of nitrogens with zero attached hydrogens (tertiary/aromatic N) is 1. The van der Waals surface area contributed by atoms with Gasteiger partial charge in [-0.3, -0.25) is 9.52 Å². The van der Waals surface area contributed by atoms with Gasteiger partial charge in [-0.2, -0.15) is 0 Å². The summed E-state index contributed by atoms with van der Waals surface area (Å²) in [5, 5.41) is 1.99. The average molecular weight is 431 g/mol. The van der Waals surface area contributed by atoms with Gasteiger partial charge >= 0.3 is 0 Å². The molecule has 1 aliphatic rings. The molecule has 1 aliphatic heterocycles. The molecule has 5 nitrogen and oxygen atoms in total. The van der Waals surface area contributed by atoms with Gasteiger partial charge in [0.15, 0.2) is 0 Å². The Labute approximate surface area is 172 Å². The largest absolute Gasteiger partial charge is 0.331 e. The van der Waals surface area contributed by atoms with Crippen LogP contribution in [0.2, 0.25) is 0 Å². The van der Waals surface area contributed by atoms with Crippen molar-refractivity contribution < 1.29 is 17.6 Å².